The first-order valence-electron chi connectivity index (χ1n) is 6.09. The van der Waals surface area contributed by atoms with E-state index in [1.54, 1.807) is 0 Å². The lowest BCUT2D eigenvalue weighted by atomic mass is 10.2. The molecule has 1 atom stereocenters. The number of benzene rings is 1. The summed E-state index contributed by atoms with van der Waals surface area (Å²) in [6.07, 6.45) is -0.289. The molecule has 19 heavy (non-hydrogen) atoms. The van der Waals surface area contributed by atoms with Crippen LogP contribution in [0.1, 0.15) is 0 Å². The van der Waals surface area contributed by atoms with Crippen LogP contribution < -0.4 is 9.47 Å². The molecule has 1 aromatic carbocycles. The van der Waals surface area contributed by atoms with E-state index >= 15 is 0 Å². The van der Waals surface area contributed by atoms with Crippen molar-refractivity contribution in [2.75, 3.05) is 32.2 Å². The normalized spacial score (nSPS) is 26.0. The van der Waals surface area contributed by atoms with Gasteiger partial charge in [-0.15, -0.1) is 0 Å². The Kier molecular flexibility index (Phi) is 3.34. The van der Waals surface area contributed by atoms with Crippen LogP contribution in [0.5, 0.6) is 11.5 Å². The van der Waals surface area contributed by atoms with Gasteiger partial charge in [0.1, 0.15) is 12.7 Å². The molecule has 7 heteroatoms. The molecule has 2 aliphatic heterocycles. The number of hydrogen-bond acceptors (Lipinski definition) is 5. The molecule has 0 saturated carbocycles. The van der Waals surface area contributed by atoms with Crippen molar-refractivity contribution in [3.05, 3.63) is 24.3 Å². The number of nitrogens with zero attached hydrogens (tertiary/aromatic N) is 1. The summed E-state index contributed by atoms with van der Waals surface area (Å²) >= 11 is 0. The summed E-state index contributed by atoms with van der Waals surface area (Å²) in [5, 5.41) is 0. The molecule has 1 saturated heterocycles. The number of ether oxygens (including phenoxy) is 3. The Balaban J connectivity index is 1.69. The summed E-state index contributed by atoms with van der Waals surface area (Å²) < 4.78 is 41.3. The Bertz CT molecular complexity index is 559. The van der Waals surface area contributed by atoms with Crippen molar-refractivity contribution in [3.8, 4) is 11.5 Å². The maximum atomic E-state index is 11.8. The third kappa shape index (κ3) is 2.68. The van der Waals surface area contributed by atoms with Crippen LogP contribution in [-0.2, 0) is 14.8 Å². The summed E-state index contributed by atoms with van der Waals surface area (Å²) in [5.74, 6) is 1.10. The SMILES string of the molecule is O=S1(=O)COCCN1C[C@H]1COc2ccccc2O1. The second kappa shape index (κ2) is 4.99. The van der Waals surface area contributed by atoms with Crippen molar-refractivity contribution in [2.24, 2.45) is 0 Å². The van der Waals surface area contributed by atoms with E-state index < -0.39 is 10.0 Å². The molecule has 1 aromatic rings. The fourth-order valence-corrected chi connectivity index (χ4v) is 3.35. The number of hydrogen-bond donors (Lipinski definition) is 0. The Morgan fingerprint density at radius 3 is 2.84 bits per heavy atom. The molecule has 3 rings (SSSR count). The average Bonchev–Trinajstić information content (AvgIpc) is 2.41. The van der Waals surface area contributed by atoms with Crippen LogP contribution in [0.3, 0.4) is 0 Å². The highest BCUT2D eigenvalue weighted by Gasteiger charge is 2.31. The molecule has 2 heterocycles. The fourth-order valence-electron chi connectivity index (χ4n) is 2.13. The highest BCUT2D eigenvalue weighted by Crippen LogP contribution is 2.31. The number of fused-ring (bicyclic) bond motifs is 1. The zero-order valence-electron chi connectivity index (χ0n) is 10.3. The second-order valence-electron chi connectivity index (χ2n) is 4.49. The van der Waals surface area contributed by atoms with Gasteiger partial charge in [0.2, 0.25) is 10.0 Å². The predicted molar refractivity (Wildman–Crippen MR) is 67.7 cm³/mol. The molecule has 0 spiro atoms. The van der Waals surface area contributed by atoms with E-state index in [1.165, 1.54) is 4.31 Å². The molecule has 0 amide bonds. The minimum absolute atomic E-state index is 0.253. The third-order valence-corrected chi connectivity index (χ3v) is 4.67. The van der Waals surface area contributed by atoms with Crippen LogP contribution in [0.25, 0.3) is 0 Å². The number of para-hydroxylation sites is 2. The first kappa shape index (κ1) is 12.7. The van der Waals surface area contributed by atoms with Gasteiger partial charge in [-0.1, -0.05) is 12.1 Å². The lowest BCUT2D eigenvalue weighted by Crippen LogP contribution is -2.48. The molecule has 0 radical (unpaired) electrons. The Hall–Kier alpha value is -1.31. The highest BCUT2D eigenvalue weighted by atomic mass is 32.2. The Morgan fingerprint density at radius 2 is 2.05 bits per heavy atom. The highest BCUT2D eigenvalue weighted by molar-refractivity contribution is 7.88. The molecule has 0 N–H and O–H groups in total. The lowest BCUT2D eigenvalue weighted by molar-refractivity contribution is 0.0617. The van der Waals surface area contributed by atoms with Crippen LogP contribution in [0.15, 0.2) is 24.3 Å². The standard InChI is InChI=1S/C12H15NO5S/c14-19(15)9-16-6-5-13(19)7-10-8-17-11-3-1-2-4-12(11)18-10/h1-4,10H,5-9H2/t10-/m0/s1. The predicted octanol–water partition coefficient (Wildman–Crippen LogP) is 0.446. The van der Waals surface area contributed by atoms with Crippen molar-refractivity contribution in [3.63, 3.8) is 0 Å². The minimum Gasteiger partial charge on any atom is -0.486 e. The van der Waals surface area contributed by atoms with E-state index in [2.05, 4.69) is 0 Å². The van der Waals surface area contributed by atoms with E-state index in [9.17, 15) is 8.42 Å². The van der Waals surface area contributed by atoms with E-state index in [-0.39, 0.29) is 12.0 Å². The Morgan fingerprint density at radius 1 is 1.26 bits per heavy atom. The van der Waals surface area contributed by atoms with Gasteiger partial charge in [-0.25, -0.2) is 8.42 Å². The number of sulfonamides is 1. The molecule has 1 fully saturated rings. The summed E-state index contributed by atoms with van der Waals surface area (Å²) in [6, 6.07) is 7.37. The smallest absolute Gasteiger partial charge is 0.238 e. The number of rotatable bonds is 2. The van der Waals surface area contributed by atoms with Crippen molar-refractivity contribution in [2.45, 2.75) is 6.10 Å². The summed E-state index contributed by atoms with van der Waals surface area (Å²) in [4.78, 5) is 0. The summed E-state index contributed by atoms with van der Waals surface area (Å²) in [6.45, 7) is 1.43. The summed E-state index contributed by atoms with van der Waals surface area (Å²) in [5.41, 5.74) is 0. The van der Waals surface area contributed by atoms with Crippen LogP contribution in [0.2, 0.25) is 0 Å². The van der Waals surface area contributed by atoms with E-state index in [4.69, 9.17) is 14.2 Å². The maximum Gasteiger partial charge on any atom is 0.238 e. The molecule has 0 unspecified atom stereocenters. The second-order valence-corrected chi connectivity index (χ2v) is 6.41. The van der Waals surface area contributed by atoms with Crippen molar-refractivity contribution >= 4 is 10.0 Å². The third-order valence-electron chi connectivity index (χ3n) is 3.09. The monoisotopic (exact) mass is 285 g/mol. The summed E-state index contributed by atoms with van der Waals surface area (Å²) in [7, 11) is -3.32. The maximum absolute atomic E-state index is 11.8. The van der Waals surface area contributed by atoms with Crippen molar-refractivity contribution in [1.29, 1.82) is 0 Å². The van der Waals surface area contributed by atoms with E-state index in [0.29, 0.717) is 37.8 Å². The van der Waals surface area contributed by atoms with Gasteiger partial charge in [-0.3, -0.25) is 0 Å². The van der Waals surface area contributed by atoms with E-state index in [0.717, 1.165) is 0 Å². The van der Waals surface area contributed by atoms with Crippen LogP contribution >= 0.6 is 0 Å². The largest absolute Gasteiger partial charge is 0.486 e. The lowest BCUT2D eigenvalue weighted by Gasteiger charge is -2.32. The average molecular weight is 285 g/mol. The fraction of sp³-hybridized carbons (Fsp3) is 0.500. The van der Waals surface area contributed by atoms with E-state index in [1.807, 2.05) is 24.3 Å². The van der Waals surface area contributed by atoms with Crippen LogP contribution in [0, 0.1) is 0 Å². The molecular formula is C12H15NO5S. The van der Waals surface area contributed by atoms with Gasteiger partial charge < -0.3 is 14.2 Å². The zero-order chi connectivity index (χ0) is 13.3. The molecule has 0 aromatic heterocycles. The van der Waals surface area contributed by atoms with Crippen LogP contribution in [0.4, 0.5) is 0 Å². The van der Waals surface area contributed by atoms with Gasteiger partial charge in [0.25, 0.3) is 0 Å². The molecule has 2 aliphatic rings. The topological polar surface area (TPSA) is 65.1 Å². The van der Waals surface area contributed by atoms with Gasteiger partial charge in [0, 0.05) is 6.54 Å². The first-order valence-corrected chi connectivity index (χ1v) is 7.70. The Labute approximate surface area is 111 Å². The van der Waals surface area contributed by atoms with Crippen LogP contribution in [-0.4, -0.2) is 51.1 Å². The minimum atomic E-state index is -3.32. The molecule has 104 valence electrons. The molecule has 0 aliphatic carbocycles. The first-order chi connectivity index (χ1) is 9.15. The van der Waals surface area contributed by atoms with Gasteiger partial charge in [-0.05, 0) is 12.1 Å². The molecular weight excluding hydrogens is 270 g/mol. The van der Waals surface area contributed by atoms with Gasteiger partial charge in [0.15, 0.2) is 17.4 Å². The molecule has 0 bridgehead atoms. The van der Waals surface area contributed by atoms with Crippen molar-refractivity contribution < 1.29 is 22.6 Å². The van der Waals surface area contributed by atoms with Gasteiger partial charge in [-0.2, -0.15) is 4.31 Å². The van der Waals surface area contributed by atoms with Gasteiger partial charge >= 0.3 is 0 Å². The van der Waals surface area contributed by atoms with Gasteiger partial charge in [0.05, 0.1) is 13.2 Å². The van der Waals surface area contributed by atoms with Crippen molar-refractivity contribution in [1.82, 2.24) is 4.31 Å². The quantitative estimate of drug-likeness (QED) is 0.789. The zero-order valence-corrected chi connectivity index (χ0v) is 11.1. The molecule has 6 nitrogen and oxygen atoms in total.